The lowest BCUT2D eigenvalue weighted by Crippen LogP contribution is -2.45. The minimum atomic E-state index is -1.42. The van der Waals surface area contributed by atoms with Crippen molar-refractivity contribution in [3.05, 3.63) is 0 Å². The van der Waals surface area contributed by atoms with Gasteiger partial charge in [0.15, 0.2) is 11.6 Å². The predicted molar refractivity (Wildman–Crippen MR) is 132 cm³/mol. The molecule has 0 aromatic rings. The molecule has 0 saturated heterocycles. The molecule has 16 heteroatoms. The molecule has 0 saturated carbocycles. The van der Waals surface area contributed by atoms with Crippen molar-refractivity contribution < 1.29 is 53.4 Å². The molecule has 16 nitrogen and oxygen atoms in total. The Balaban J connectivity index is 4.68. The first kappa shape index (κ1) is 34.6. The average molecular weight is 558 g/mol. The van der Waals surface area contributed by atoms with E-state index >= 15 is 0 Å². The third-order valence-electron chi connectivity index (χ3n) is 4.92. The van der Waals surface area contributed by atoms with Crippen LogP contribution >= 0.6 is 0 Å². The van der Waals surface area contributed by atoms with Crippen molar-refractivity contribution >= 4 is 53.0 Å². The summed E-state index contributed by atoms with van der Waals surface area (Å²) in [6, 6.07) is 0. The van der Waals surface area contributed by atoms with Crippen LogP contribution in [0.2, 0.25) is 0 Å². The van der Waals surface area contributed by atoms with Crippen LogP contribution in [0.5, 0.6) is 0 Å². The van der Waals surface area contributed by atoms with E-state index in [1.165, 1.54) is 6.92 Å². The smallest absolute Gasteiger partial charge is 0.323 e. The van der Waals surface area contributed by atoms with Crippen LogP contribution in [0.25, 0.3) is 0 Å². The molecule has 5 N–H and O–H groups in total. The lowest BCUT2D eigenvalue weighted by atomic mass is 10.2. The summed E-state index contributed by atoms with van der Waals surface area (Å²) in [7, 11) is 0. The number of rotatable bonds is 20. The fourth-order valence-electron chi connectivity index (χ4n) is 2.99. The molecule has 0 heterocycles. The van der Waals surface area contributed by atoms with E-state index in [0.717, 1.165) is 4.90 Å². The SMILES string of the molecule is CCNC(=O)CCC(=O)CNC(=O)CN(CC(=O)O)C(=O)CCC(=O)CNC(=O)CN(CC(=O)O)C(=O)CC. The normalized spacial score (nSPS) is 10.1. The van der Waals surface area contributed by atoms with Gasteiger partial charge in [0.1, 0.15) is 26.2 Å². The molecule has 0 aromatic heterocycles. The van der Waals surface area contributed by atoms with E-state index in [4.69, 9.17) is 10.2 Å². The number of carbonyl (C=O) groups is 9. The number of carbonyl (C=O) groups excluding carboxylic acids is 7. The fraction of sp³-hybridized carbons (Fsp3) is 0.609. The number of carboxylic acid groups (broad SMARTS) is 2. The van der Waals surface area contributed by atoms with Crippen LogP contribution in [0.1, 0.15) is 46.0 Å². The van der Waals surface area contributed by atoms with Gasteiger partial charge in [0, 0.05) is 38.6 Å². The zero-order valence-corrected chi connectivity index (χ0v) is 21.9. The summed E-state index contributed by atoms with van der Waals surface area (Å²) in [5.74, 6) is -7.13. The zero-order chi connectivity index (χ0) is 30.0. The minimum Gasteiger partial charge on any atom is -0.480 e. The average Bonchev–Trinajstić information content (AvgIpc) is 2.86. The molecule has 0 bridgehead atoms. The molecular formula is C23H35N5O11. The number of hydrogen-bond donors (Lipinski definition) is 5. The Kier molecular flexibility index (Phi) is 16.7. The van der Waals surface area contributed by atoms with Crippen LogP contribution in [0, 0.1) is 0 Å². The third-order valence-corrected chi connectivity index (χ3v) is 4.92. The molecule has 0 aromatic carbocycles. The van der Waals surface area contributed by atoms with Gasteiger partial charge in [0.05, 0.1) is 13.1 Å². The van der Waals surface area contributed by atoms with Gasteiger partial charge in [0.2, 0.25) is 29.5 Å². The molecule has 0 rings (SSSR count). The van der Waals surface area contributed by atoms with E-state index in [1.54, 1.807) is 6.92 Å². The van der Waals surface area contributed by atoms with Gasteiger partial charge >= 0.3 is 11.9 Å². The van der Waals surface area contributed by atoms with Crippen LogP contribution in [-0.2, 0) is 43.2 Å². The first-order valence-electron chi connectivity index (χ1n) is 12.1. The lowest BCUT2D eigenvalue weighted by Gasteiger charge is -2.20. The van der Waals surface area contributed by atoms with Crippen LogP contribution in [0.3, 0.4) is 0 Å². The Hall–Kier alpha value is -4.37. The van der Waals surface area contributed by atoms with Gasteiger partial charge < -0.3 is 36.0 Å². The molecule has 0 aliphatic carbocycles. The number of amides is 5. The van der Waals surface area contributed by atoms with Gasteiger partial charge in [-0.25, -0.2) is 0 Å². The van der Waals surface area contributed by atoms with E-state index < -0.39 is 99.2 Å². The van der Waals surface area contributed by atoms with E-state index in [2.05, 4.69) is 16.0 Å². The monoisotopic (exact) mass is 557 g/mol. The highest BCUT2D eigenvalue weighted by molar-refractivity contribution is 5.94. The van der Waals surface area contributed by atoms with Crippen LogP contribution in [0.4, 0.5) is 0 Å². The van der Waals surface area contributed by atoms with E-state index in [0.29, 0.717) is 11.4 Å². The van der Waals surface area contributed by atoms with Crippen molar-refractivity contribution in [3.8, 4) is 0 Å². The summed E-state index contributed by atoms with van der Waals surface area (Å²) in [4.78, 5) is 107. The summed E-state index contributed by atoms with van der Waals surface area (Å²) < 4.78 is 0. The Bertz CT molecular complexity index is 951. The number of aliphatic carboxylic acids is 2. The van der Waals surface area contributed by atoms with Crippen LogP contribution < -0.4 is 16.0 Å². The lowest BCUT2D eigenvalue weighted by molar-refractivity contribution is -0.146. The van der Waals surface area contributed by atoms with Gasteiger partial charge in [-0.2, -0.15) is 0 Å². The largest absolute Gasteiger partial charge is 0.480 e. The number of nitrogens with one attached hydrogen (secondary N) is 3. The fourth-order valence-corrected chi connectivity index (χ4v) is 2.99. The van der Waals surface area contributed by atoms with Gasteiger partial charge in [-0.15, -0.1) is 0 Å². The van der Waals surface area contributed by atoms with E-state index in [1.807, 2.05) is 0 Å². The maximum Gasteiger partial charge on any atom is 0.323 e. The molecule has 5 amide bonds. The second-order valence-corrected chi connectivity index (χ2v) is 8.22. The van der Waals surface area contributed by atoms with Crippen molar-refractivity contribution in [2.45, 2.75) is 46.0 Å². The number of Topliss-reactive ketones (excluding diaryl/α,β-unsaturated/α-hetero) is 2. The third kappa shape index (κ3) is 16.9. The molecule has 0 aliphatic rings. The van der Waals surface area contributed by atoms with E-state index in [9.17, 15) is 43.2 Å². The van der Waals surface area contributed by atoms with Crippen molar-refractivity contribution in [1.29, 1.82) is 0 Å². The number of nitrogens with zero attached hydrogens (tertiary/aromatic N) is 2. The zero-order valence-electron chi connectivity index (χ0n) is 21.9. The molecule has 0 atom stereocenters. The van der Waals surface area contributed by atoms with Crippen LogP contribution in [0.15, 0.2) is 0 Å². The second-order valence-electron chi connectivity index (χ2n) is 8.22. The Morgan fingerprint density at radius 3 is 1.38 bits per heavy atom. The van der Waals surface area contributed by atoms with Crippen LogP contribution in [-0.4, -0.2) is 119 Å². The molecule has 0 radical (unpaired) electrons. The molecular weight excluding hydrogens is 522 g/mol. The topological polar surface area (TPSA) is 237 Å². The van der Waals surface area contributed by atoms with Gasteiger partial charge in [-0.05, 0) is 6.92 Å². The molecule has 218 valence electrons. The summed E-state index contributed by atoms with van der Waals surface area (Å²) in [6.07, 6.45) is -1.07. The standard InChI is InChI=1S/C23H35N5O11/c1-3-20(34)27(13-22(36)37)11-18(32)26-10-16(30)6-8-21(35)28(14-23(38)39)12-19(33)25-9-15(29)5-7-17(31)24-4-2/h3-14H2,1-2H3,(H,24,31)(H,25,33)(H,26,32)(H,36,37)(H,38,39). The predicted octanol–water partition coefficient (Wildman–Crippen LogP) is -2.71. The van der Waals surface area contributed by atoms with Gasteiger partial charge in [-0.1, -0.05) is 6.92 Å². The molecule has 0 spiro atoms. The Labute approximate surface area is 224 Å². The highest BCUT2D eigenvalue weighted by Gasteiger charge is 2.22. The van der Waals surface area contributed by atoms with E-state index in [-0.39, 0.29) is 25.2 Å². The van der Waals surface area contributed by atoms with Crippen molar-refractivity contribution in [2.75, 3.05) is 45.8 Å². The van der Waals surface area contributed by atoms with Crippen molar-refractivity contribution in [2.24, 2.45) is 0 Å². The number of ketones is 2. The maximum absolute atomic E-state index is 12.4. The van der Waals surface area contributed by atoms with Gasteiger partial charge in [0.25, 0.3) is 0 Å². The molecule has 0 fully saturated rings. The number of hydrogen-bond acceptors (Lipinski definition) is 9. The number of carboxylic acids is 2. The summed E-state index contributed by atoms with van der Waals surface area (Å²) >= 11 is 0. The molecule has 0 unspecified atom stereocenters. The first-order chi connectivity index (χ1) is 18.3. The Morgan fingerprint density at radius 2 is 0.974 bits per heavy atom. The quantitative estimate of drug-likeness (QED) is 0.103. The summed E-state index contributed by atoms with van der Waals surface area (Å²) in [5, 5.41) is 24.9. The highest BCUT2D eigenvalue weighted by Crippen LogP contribution is 2.00. The first-order valence-corrected chi connectivity index (χ1v) is 12.1. The second kappa shape index (κ2) is 18.8. The van der Waals surface area contributed by atoms with Crippen molar-refractivity contribution in [1.82, 2.24) is 25.8 Å². The molecule has 0 aliphatic heterocycles. The van der Waals surface area contributed by atoms with Crippen molar-refractivity contribution in [3.63, 3.8) is 0 Å². The minimum absolute atomic E-state index is 0.0272. The Morgan fingerprint density at radius 1 is 0.538 bits per heavy atom. The summed E-state index contributed by atoms with van der Waals surface area (Å²) in [6.45, 7) is -0.130. The highest BCUT2D eigenvalue weighted by atomic mass is 16.4. The summed E-state index contributed by atoms with van der Waals surface area (Å²) in [5.41, 5.74) is 0. The van der Waals surface area contributed by atoms with Gasteiger partial charge in [-0.3, -0.25) is 43.2 Å². The molecule has 39 heavy (non-hydrogen) atoms. The maximum atomic E-state index is 12.4.